The van der Waals surface area contributed by atoms with Crippen molar-refractivity contribution < 1.29 is 10.2 Å². The Hall–Kier alpha value is -1.68. The minimum Gasteiger partial charge on any atom is -0.506 e. The van der Waals surface area contributed by atoms with Gasteiger partial charge in [0.1, 0.15) is 11.4 Å². The summed E-state index contributed by atoms with van der Waals surface area (Å²) in [5.41, 5.74) is 0.429. The first-order valence-corrected chi connectivity index (χ1v) is 4.29. The van der Waals surface area contributed by atoms with E-state index in [1.807, 2.05) is 0 Å². The zero-order valence-corrected chi connectivity index (χ0v) is 7.81. The van der Waals surface area contributed by atoms with Gasteiger partial charge >= 0.3 is 0 Å². The maximum Gasteiger partial charge on any atom is 0.174 e. The maximum absolute atomic E-state index is 9.50. The molecule has 0 fully saturated rings. The number of halogens is 1. The van der Waals surface area contributed by atoms with Crippen LogP contribution in [0.4, 0.5) is 0 Å². The van der Waals surface area contributed by atoms with E-state index in [1.165, 1.54) is 16.9 Å². The van der Waals surface area contributed by atoms with Crippen molar-refractivity contribution in [1.29, 1.82) is 0 Å². The number of nitrogens with zero attached hydrogens (tertiary/aromatic N) is 2. The average molecular weight is 211 g/mol. The van der Waals surface area contributed by atoms with Crippen LogP contribution in [0.3, 0.4) is 0 Å². The first kappa shape index (κ1) is 8.90. The number of aromatic nitrogens is 2. The van der Waals surface area contributed by atoms with Gasteiger partial charge in [-0.1, -0.05) is 23.7 Å². The Morgan fingerprint density at radius 1 is 1.14 bits per heavy atom. The van der Waals surface area contributed by atoms with E-state index in [9.17, 15) is 10.2 Å². The highest BCUT2D eigenvalue weighted by atomic mass is 35.5. The van der Waals surface area contributed by atoms with Gasteiger partial charge in [0.15, 0.2) is 10.9 Å². The predicted molar refractivity (Wildman–Crippen MR) is 51.9 cm³/mol. The van der Waals surface area contributed by atoms with Crippen LogP contribution >= 0.6 is 11.6 Å². The molecular weight excluding hydrogens is 204 g/mol. The SMILES string of the molecule is Oc1ccccc1-n1ncc(O)c1Cl. The summed E-state index contributed by atoms with van der Waals surface area (Å²) in [4.78, 5) is 0. The molecule has 0 saturated carbocycles. The molecule has 0 spiro atoms. The van der Waals surface area contributed by atoms with Crippen LogP contribution in [0.2, 0.25) is 5.15 Å². The van der Waals surface area contributed by atoms with Crippen molar-refractivity contribution in [3.8, 4) is 17.2 Å². The minimum atomic E-state index is -0.116. The Labute approximate surface area is 85.0 Å². The summed E-state index contributed by atoms with van der Waals surface area (Å²) in [5.74, 6) is -0.0626. The molecule has 0 aliphatic heterocycles. The highest BCUT2D eigenvalue weighted by Crippen LogP contribution is 2.28. The van der Waals surface area contributed by atoms with Crippen molar-refractivity contribution in [3.05, 3.63) is 35.6 Å². The third kappa shape index (κ3) is 1.29. The number of para-hydroxylation sites is 2. The molecule has 1 aromatic heterocycles. The smallest absolute Gasteiger partial charge is 0.174 e. The largest absolute Gasteiger partial charge is 0.506 e. The highest BCUT2D eigenvalue weighted by Gasteiger charge is 2.10. The molecule has 4 nitrogen and oxygen atoms in total. The number of benzene rings is 1. The molecule has 0 saturated heterocycles. The maximum atomic E-state index is 9.50. The van der Waals surface area contributed by atoms with Crippen LogP contribution in [0, 0.1) is 0 Å². The van der Waals surface area contributed by atoms with Crippen LogP contribution in [-0.4, -0.2) is 20.0 Å². The van der Waals surface area contributed by atoms with Crippen molar-refractivity contribution in [2.75, 3.05) is 0 Å². The lowest BCUT2D eigenvalue weighted by Crippen LogP contribution is -1.95. The van der Waals surface area contributed by atoms with Gasteiger partial charge < -0.3 is 10.2 Å². The van der Waals surface area contributed by atoms with Crippen LogP contribution in [-0.2, 0) is 0 Å². The monoisotopic (exact) mass is 210 g/mol. The Bertz CT molecular complexity index is 468. The molecule has 0 radical (unpaired) electrons. The van der Waals surface area contributed by atoms with Crippen LogP contribution in [0.5, 0.6) is 11.5 Å². The third-order valence-corrected chi connectivity index (χ3v) is 2.16. The average Bonchev–Trinajstić information content (AvgIpc) is 2.49. The van der Waals surface area contributed by atoms with E-state index in [0.29, 0.717) is 5.69 Å². The van der Waals surface area contributed by atoms with Crippen molar-refractivity contribution in [2.24, 2.45) is 0 Å². The second kappa shape index (κ2) is 3.23. The Morgan fingerprint density at radius 3 is 2.43 bits per heavy atom. The molecule has 1 aromatic carbocycles. The second-order valence-electron chi connectivity index (χ2n) is 2.72. The zero-order valence-electron chi connectivity index (χ0n) is 7.05. The lowest BCUT2D eigenvalue weighted by molar-refractivity contribution is 0.469. The summed E-state index contributed by atoms with van der Waals surface area (Å²) < 4.78 is 1.26. The highest BCUT2D eigenvalue weighted by molar-refractivity contribution is 6.31. The summed E-state index contributed by atoms with van der Waals surface area (Å²) >= 11 is 5.75. The fourth-order valence-electron chi connectivity index (χ4n) is 1.14. The van der Waals surface area contributed by atoms with Gasteiger partial charge in [-0.15, -0.1) is 0 Å². The number of aromatic hydroxyl groups is 2. The molecule has 2 N–H and O–H groups in total. The van der Waals surface area contributed by atoms with Crippen molar-refractivity contribution in [2.45, 2.75) is 0 Å². The number of hydrogen-bond acceptors (Lipinski definition) is 3. The van der Waals surface area contributed by atoms with E-state index in [0.717, 1.165) is 0 Å². The lowest BCUT2D eigenvalue weighted by atomic mass is 10.3. The van der Waals surface area contributed by atoms with Crippen molar-refractivity contribution in [1.82, 2.24) is 9.78 Å². The fraction of sp³-hybridized carbons (Fsp3) is 0. The third-order valence-electron chi connectivity index (χ3n) is 1.80. The van der Waals surface area contributed by atoms with Crippen LogP contribution in [0.25, 0.3) is 5.69 Å². The van der Waals surface area contributed by atoms with Crippen molar-refractivity contribution in [3.63, 3.8) is 0 Å². The van der Waals surface area contributed by atoms with E-state index >= 15 is 0 Å². The molecule has 1 heterocycles. The minimum absolute atomic E-state index is 0.0532. The van der Waals surface area contributed by atoms with Gasteiger partial charge in [0.25, 0.3) is 0 Å². The predicted octanol–water partition coefficient (Wildman–Crippen LogP) is 1.94. The standard InChI is InChI=1S/C9H7ClN2O2/c10-9-8(14)5-11-12(9)6-3-1-2-4-7(6)13/h1-5,13-14H. The summed E-state index contributed by atoms with van der Waals surface area (Å²) in [6.07, 6.45) is 1.22. The van der Waals surface area contributed by atoms with Gasteiger partial charge in [0, 0.05) is 0 Å². The molecule has 14 heavy (non-hydrogen) atoms. The zero-order chi connectivity index (χ0) is 10.1. The van der Waals surface area contributed by atoms with Crippen LogP contribution in [0.1, 0.15) is 0 Å². The first-order chi connectivity index (χ1) is 6.70. The summed E-state index contributed by atoms with van der Waals surface area (Å²) in [6, 6.07) is 6.60. The van der Waals surface area contributed by atoms with Gasteiger partial charge in [0.2, 0.25) is 0 Å². The molecular formula is C9H7ClN2O2. The molecule has 2 aromatic rings. The van der Waals surface area contributed by atoms with Gasteiger partial charge in [-0.2, -0.15) is 5.10 Å². The quantitative estimate of drug-likeness (QED) is 0.756. The molecule has 0 unspecified atom stereocenters. The molecule has 0 bridgehead atoms. The van der Waals surface area contributed by atoms with Crippen molar-refractivity contribution >= 4 is 11.6 Å². The van der Waals surface area contributed by atoms with Gasteiger partial charge in [-0.3, -0.25) is 0 Å². The van der Waals surface area contributed by atoms with Crippen LogP contribution < -0.4 is 0 Å². The number of hydrogen-bond donors (Lipinski definition) is 2. The van der Waals surface area contributed by atoms with Crippen LogP contribution in [0.15, 0.2) is 30.5 Å². The van der Waals surface area contributed by atoms with E-state index in [2.05, 4.69) is 5.10 Å². The van der Waals surface area contributed by atoms with E-state index in [-0.39, 0.29) is 16.7 Å². The number of phenolic OH excluding ortho intramolecular Hbond substituents is 1. The van der Waals surface area contributed by atoms with Gasteiger partial charge in [0.05, 0.1) is 6.20 Å². The summed E-state index contributed by atoms with van der Waals surface area (Å²) in [5, 5.41) is 22.6. The Balaban J connectivity index is 2.60. The topological polar surface area (TPSA) is 58.3 Å². The molecule has 72 valence electrons. The molecule has 5 heteroatoms. The van der Waals surface area contributed by atoms with E-state index in [1.54, 1.807) is 18.2 Å². The first-order valence-electron chi connectivity index (χ1n) is 3.91. The normalized spacial score (nSPS) is 10.4. The molecule has 0 aliphatic rings. The molecule has 0 atom stereocenters. The number of phenols is 1. The molecule has 0 aliphatic carbocycles. The second-order valence-corrected chi connectivity index (χ2v) is 3.08. The number of rotatable bonds is 1. The van der Waals surface area contributed by atoms with E-state index < -0.39 is 0 Å². The summed E-state index contributed by atoms with van der Waals surface area (Å²) in [7, 11) is 0. The lowest BCUT2D eigenvalue weighted by Gasteiger charge is -2.04. The van der Waals surface area contributed by atoms with E-state index in [4.69, 9.17) is 11.6 Å². The Kier molecular flexibility index (Phi) is 2.05. The molecule has 2 rings (SSSR count). The summed E-state index contributed by atoms with van der Waals surface area (Å²) in [6.45, 7) is 0. The molecule has 0 amide bonds. The Morgan fingerprint density at radius 2 is 1.86 bits per heavy atom. The van der Waals surface area contributed by atoms with Gasteiger partial charge in [-0.05, 0) is 12.1 Å². The fourth-order valence-corrected chi connectivity index (χ4v) is 1.32. The van der Waals surface area contributed by atoms with Gasteiger partial charge in [-0.25, -0.2) is 4.68 Å².